The van der Waals surface area contributed by atoms with E-state index in [9.17, 15) is 22.8 Å². The molecule has 1 saturated heterocycles. The topological polar surface area (TPSA) is 49.4 Å². The molecule has 1 aromatic rings. The van der Waals surface area contributed by atoms with Crippen molar-refractivity contribution in [2.24, 2.45) is 5.92 Å². The van der Waals surface area contributed by atoms with Gasteiger partial charge in [-0.25, -0.2) is 0 Å². The minimum absolute atomic E-state index is 0.0480. The molecule has 24 heavy (non-hydrogen) atoms. The Hall–Kier alpha value is -1.76. The van der Waals surface area contributed by atoms with Crippen molar-refractivity contribution in [1.29, 1.82) is 0 Å². The van der Waals surface area contributed by atoms with Gasteiger partial charge in [0.2, 0.25) is 5.91 Å². The highest BCUT2D eigenvalue weighted by Crippen LogP contribution is 2.24. The van der Waals surface area contributed by atoms with Gasteiger partial charge in [0.05, 0.1) is 0 Å². The minimum atomic E-state index is -4.85. The summed E-state index contributed by atoms with van der Waals surface area (Å²) < 4.78 is 37.1. The van der Waals surface area contributed by atoms with Gasteiger partial charge < -0.3 is 10.2 Å². The van der Waals surface area contributed by atoms with Crippen LogP contribution in [0.15, 0.2) is 24.3 Å². The van der Waals surface area contributed by atoms with Gasteiger partial charge in [-0.1, -0.05) is 23.7 Å². The largest absolute Gasteiger partial charge is 0.471 e. The lowest BCUT2D eigenvalue weighted by atomic mass is 9.95. The van der Waals surface area contributed by atoms with Crippen molar-refractivity contribution < 1.29 is 22.8 Å². The molecule has 0 unspecified atom stereocenters. The van der Waals surface area contributed by atoms with E-state index in [4.69, 9.17) is 11.6 Å². The van der Waals surface area contributed by atoms with Crippen LogP contribution in [0, 0.1) is 5.92 Å². The molecule has 1 aromatic carbocycles. The van der Waals surface area contributed by atoms with Gasteiger partial charge in [-0.2, -0.15) is 13.2 Å². The monoisotopic (exact) mass is 362 g/mol. The lowest BCUT2D eigenvalue weighted by molar-refractivity contribution is -0.186. The number of likely N-dealkylation sites (tertiary alicyclic amines) is 1. The molecule has 1 N–H and O–H groups in total. The Bertz CT molecular complexity index is 582. The first-order valence-electron chi connectivity index (χ1n) is 7.65. The summed E-state index contributed by atoms with van der Waals surface area (Å²) in [7, 11) is 0. The molecule has 0 bridgehead atoms. The Balaban J connectivity index is 1.73. The number of amides is 2. The van der Waals surface area contributed by atoms with E-state index in [0.717, 1.165) is 10.5 Å². The van der Waals surface area contributed by atoms with Gasteiger partial charge in [-0.3, -0.25) is 9.59 Å². The molecule has 1 fully saturated rings. The second kappa shape index (κ2) is 7.88. The molecule has 0 aromatic heterocycles. The van der Waals surface area contributed by atoms with Gasteiger partial charge in [-0.15, -0.1) is 0 Å². The fourth-order valence-corrected chi connectivity index (χ4v) is 2.78. The van der Waals surface area contributed by atoms with Crippen LogP contribution in [0.4, 0.5) is 13.2 Å². The van der Waals surface area contributed by atoms with Crippen LogP contribution in [-0.4, -0.2) is 42.5 Å². The zero-order valence-corrected chi connectivity index (χ0v) is 13.7. The highest BCUT2D eigenvalue weighted by Gasteiger charge is 2.43. The highest BCUT2D eigenvalue weighted by atomic mass is 35.5. The molecule has 2 rings (SSSR count). The van der Waals surface area contributed by atoms with E-state index in [1.165, 1.54) is 0 Å². The third kappa shape index (κ3) is 5.12. The number of piperidine rings is 1. The van der Waals surface area contributed by atoms with Crippen LogP contribution in [0.1, 0.15) is 18.4 Å². The van der Waals surface area contributed by atoms with E-state index in [0.29, 0.717) is 18.0 Å². The second-order valence-electron chi connectivity index (χ2n) is 5.73. The van der Waals surface area contributed by atoms with E-state index in [1.54, 1.807) is 12.1 Å². The molecule has 8 heteroatoms. The Morgan fingerprint density at radius 2 is 1.75 bits per heavy atom. The number of halogens is 4. The molecule has 132 valence electrons. The van der Waals surface area contributed by atoms with Crippen LogP contribution in [-0.2, 0) is 16.0 Å². The van der Waals surface area contributed by atoms with Gasteiger partial charge in [0, 0.05) is 30.6 Å². The van der Waals surface area contributed by atoms with Crippen LogP contribution in [0.5, 0.6) is 0 Å². The van der Waals surface area contributed by atoms with E-state index >= 15 is 0 Å². The molecule has 1 heterocycles. The fourth-order valence-electron chi connectivity index (χ4n) is 2.65. The number of benzene rings is 1. The number of hydrogen-bond acceptors (Lipinski definition) is 2. The third-order valence-corrected chi connectivity index (χ3v) is 4.27. The van der Waals surface area contributed by atoms with Crippen molar-refractivity contribution in [1.82, 2.24) is 10.2 Å². The molecule has 1 aliphatic heterocycles. The average molecular weight is 363 g/mol. The summed E-state index contributed by atoms with van der Waals surface area (Å²) in [5, 5.41) is 3.43. The van der Waals surface area contributed by atoms with Crippen LogP contribution in [0.25, 0.3) is 0 Å². The number of hydrogen-bond donors (Lipinski definition) is 1. The molecule has 0 aliphatic carbocycles. The predicted octanol–water partition coefficient (Wildman–Crippen LogP) is 2.80. The van der Waals surface area contributed by atoms with Gasteiger partial charge in [0.25, 0.3) is 0 Å². The molecule has 0 spiro atoms. The summed E-state index contributed by atoms with van der Waals surface area (Å²) in [5.74, 6) is -2.36. The van der Waals surface area contributed by atoms with Gasteiger partial charge in [0.15, 0.2) is 0 Å². The summed E-state index contributed by atoms with van der Waals surface area (Å²) in [4.78, 5) is 24.0. The number of nitrogens with zero attached hydrogens (tertiary/aromatic N) is 1. The minimum Gasteiger partial charge on any atom is -0.356 e. The second-order valence-corrected chi connectivity index (χ2v) is 6.17. The Labute approximate surface area is 143 Å². The number of carbonyl (C=O) groups excluding carboxylic acids is 2. The molecule has 4 nitrogen and oxygen atoms in total. The maximum atomic E-state index is 12.4. The molecule has 0 saturated carbocycles. The first kappa shape index (κ1) is 18.6. The van der Waals surface area contributed by atoms with Gasteiger partial charge in [-0.05, 0) is 37.0 Å². The maximum Gasteiger partial charge on any atom is 0.471 e. The predicted molar refractivity (Wildman–Crippen MR) is 83.5 cm³/mol. The number of rotatable bonds is 4. The van der Waals surface area contributed by atoms with Crippen molar-refractivity contribution in [3.8, 4) is 0 Å². The Kier molecular flexibility index (Phi) is 6.10. The van der Waals surface area contributed by atoms with Gasteiger partial charge >= 0.3 is 12.1 Å². The molecule has 2 amide bonds. The number of carbonyl (C=O) groups is 2. The first-order valence-corrected chi connectivity index (χ1v) is 8.03. The van der Waals surface area contributed by atoms with E-state index in [1.807, 2.05) is 12.1 Å². The Morgan fingerprint density at radius 1 is 1.17 bits per heavy atom. The van der Waals surface area contributed by atoms with Gasteiger partial charge in [0.1, 0.15) is 0 Å². The van der Waals surface area contributed by atoms with Crippen LogP contribution < -0.4 is 5.32 Å². The summed E-state index contributed by atoms with van der Waals surface area (Å²) >= 11 is 5.79. The van der Waals surface area contributed by atoms with Crippen LogP contribution >= 0.6 is 11.6 Å². The molecular formula is C16H18ClF3N2O2. The zero-order valence-electron chi connectivity index (χ0n) is 12.9. The summed E-state index contributed by atoms with van der Waals surface area (Å²) in [6.07, 6.45) is -3.72. The average Bonchev–Trinajstić information content (AvgIpc) is 2.55. The Morgan fingerprint density at radius 3 is 2.29 bits per heavy atom. The normalized spacial score (nSPS) is 16.1. The summed E-state index contributed by atoms with van der Waals surface area (Å²) in [5.41, 5.74) is 1.03. The summed E-state index contributed by atoms with van der Waals surface area (Å²) in [6.45, 7) is 0.351. The van der Waals surface area contributed by atoms with E-state index in [2.05, 4.69) is 5.32 Å². The maximum absolute atomic E-state index is 12.4. The van der Waals surface area contributed by atoms with Crippen LogP contribution in [0.2, 0.25) is 5.02 Å². The van der Waals surface area contributed by atoms with E-state index in [-0.39, 0.29) is 37.8 Å². The SMILES string of the molecule is O=C(NCCc1ccc(Cl)cc1)C1CCN(C(=O)C(F)(F)F)CC1. The van der Waals surface area contributed by atoms with E-state index < -0.39 is 12.1 Å². The molecule has 1 aliphatic rings. The lowest BCUT2D eigenvalue weighted by Crippen LogP contribution is -2.47. The summed E-state index contributed by atoms with van der Waals surface area (Å²) in [6, 6.07) is 7.28. The molecular weight excluding hydrogens is 345 g/mol. The van der Waals surface area contributed by atoms with Crippen molar-refractivity contribution in [3.05, 3.63) is 34.9 Å². The number of alkyl halides is 3. The highest BCUT2D eigenvalue weighted by molar-refractivity contribution is 6.30. The first-order chi connectivity index (χ1) is 11.3. The van der Waals surface area contributed by atoms with Crippen molar-refractivity contribution in [2.45, 2.75) is 25.4 Å². The zero-order chi connectivity index (χ0) is 17.7. The van der Waals surface area contributed by atoms with Crippen molar-refractivity contribution in [2.75, 3.05) is 19.6 Å². The smallest absolute Gasteiger partial charge is 0.356 e. The number of nitrogens with one attached hydrogen (secondary N) is 1. The lowest BCUT2D eigenvalue weighted by Gasteiger charge is -2.31. The third-order valence-electron chi connectivity index (χ3n) is 4.02. The van der Waals surface area contributed by atoms with Crippen molar-refractivity contribution >= 4 is 23.4 Å². The molecule has 0 radical (unpaired) electrons. The van der Waals surface area contributed by atoms with Crippen LogP contribution in [0.3, 0.4) is 0 Å². The quantitative estimate of drug-likeness (QED) is 0.895. The van der Waals surface area contributed by atoms with Crippen molar-refractivity contribution in [3.63, 3.8) is 0 Å². The standard InChI is InChI=1S/C16H18ClF3N2O2/c17-13-3-1-11(2-4-13)5-8-21-14(23)12-6-9-22(10-7-12)15(24)16(18,19)20/h1-4,12H,5-10H2,(H,21,23). The molecule has 0 atom stereocenters. The fraction of sp³-hybridized carbons (Fsp3) is 0.500.